The molecule has 0 aromatic rings. The molecular weight excluding hydrogens is 300 g/mol. The van der Waals surface area contributed by atoms with E-state index in [9.17, 15) is 0 Å². The Morgan fingerprint density at radius 1 is 0.760 bits per heavy atom. The summed E-state index contributed by atoms with van der Waals surface area (Å²) in [6.45, 7) is 12.4. The topological polar surface area (TPSA) is 0 Å². The number of unbranched alkanes of at least 4 members (excludes halogenated alkanes) is 1. The third kappa shape index (κ3) is 6.91. The first-order valence-corrected chi connectivity index (χ1v) is 12.0. The number of rotatable bonds is 9. The quantitative estimate of drug-likeness (QED) is 0.392. The first kappa shape index (κ1) is 21.3. The van der Waals surface area contributed by atoms with Crippen LogP contribution in [0.1, 0.15) is 118 Å². The van der Waals surface area contributed by atoms with Crippen LogP contribution in [0, 0.1) is 41.4 Å². The van der Waals surface area contributed by atoms with Crippen molar-refractivity contribution >= 4 is 0 Å². The minimum Gasteiger partial charge on any atom is -0.0654 e. The zero-order valence-electron chi connectivity index (χ0n) is 18.2. The Hall–Kier alpha value is 0. The highest BCUT2D eigenvalue weighted by Crippen LogP contribution is 2.57. The summed E-state index contributed by atoms with van der Waals surface area (Å²) >= 11 is 0. The van der Waals surface area contributed by atoms with Gasteiger partial charge in [-0.15, -0.1) is 0 Å². The fourth-order valence-electron chi connectivity index (χ4n) is 6.19. The zero-order chi connectivity index (χ0) is 18.2. The minimum absolute atomic E-state index is 0.868. The van der Waals surface area contributed by atoms with Crippen LogP contribution in [0.4, 0.5) is 0 Å². The zero-order valence-corrected chi connectivity index (χ0v) is 18.2. The molecule has 0 bridgehead atoms. The molecule has 0 nitrogen and oxygen atoms in total. The molecule has 0 aliphatic heterocycles. The fraction of sp³-hybridized carbons (Fsp3) is 1.00. The highest BCUT2D eigenvalue weighted by Gasteiger charge is 2.50. The average Bonchev–Trinajstić information content (AvgIpc) is 3.27. The Morgan fingerprint density at radius 3 is 1.84 bits per heavy atom. The smallest absolute Gasteiger partial charge is 0.0326 e. The molecule has 0 saturated heterocycles. The summed E-state index contributed by atoms with van der Waals surface area (Å²) < 4.78 is 0. The molecule has 0 N–H and O–H groups in total. The summed E-state index contributed by atoms with van der Waals surface area (Å²) in [5.41, 5.74) is 0. The van der Waals surface area contributed by atoms with E-state index in [2.05, 4.69) is 34.6 Å². The second-order valence-corrected chi connectivity index (χ2v) is 10.3. The second-order valence-electron chi connectivity index (χ2n) is 10.3. The van der Waals surface area contributed by atoms with E-state index in [1.807, 2.05) is 0 Å². The summed E-state index contributed by atoms with van der Waals surface area (Å²) in [5.74, 6) is 7.05. The van der Waals surface area contributed by atoms with Gasteiger partial charge in [0.1, 0.15) is 0 Å². The van der Waals surface area contributed by atoms with Gasteiger partial charge in [-0.3, -0.25) is 0 Å². The van der Waals surface area contributed by atoms with E-state index in [-0.39, 0.29) is 0 Å². The second kappa shape index (κ2) is 11.0. The van der Waals surface area contributed by atoms with Crippen LogP contribution in [0.2, 0.25) is 0 Å². The van der Waals surface area contributed by atoms with Crippen molar-refractivity contribution in [2.45, 2.75) is 118 Å². The van der Waals surface area contributed by atoms with Gasteiger partial charge >= 0.3 is 0 Å². The standard InChI is InChI=1S/C25H48/c1-6-7-14-22(19(2)3)18-20(4)17-21(5)25-23-15-12-10-8-9-11-13-16-24(23)25/h19-25H,6-18H2,1-5H3. The fourth-order valence-corrected chi connectivity index (χ4v) is 6.19. The van der Waals surface area contributed by atoms with Crippen LogP contribution in [0.25, 0.3) is 0 Å². The predicted octanol–water partition coefficient (Wildman–Crippen LogP) is 8.50. The van der Waals surface area contributed by atoms with Crippen molar-refractivity contribution in [1.29, 1.82) is 0 Å². The van der Waals surface area contributed by atoms with Gasteiger partial charge in [0.2, 0.25) is 0 Å². The summed E-state index contributed by atoms with van der Waals surface area (Å²) in [7, 11) is 0. The summed E-state index contributed by atoms with van der Waals surface area (Å²) in [6.07, 6.45) is 19.4. The Labute approximate surface area is 159 Å². The van der Waals surface area contributed by atoms with Gasteiger partial charge in [0.25, 0.3) is 0 Å². The molecule has 2 rings (SSSR count). The molecule has 0 aromatic carbocycles. The Bertz CT molecular complexity index is 328. The van der Waals surface area contributed by atoms with Crippen molar-refractivity contribution in [2.75, 3.05) is 0 Å². The van der Waals surface area contributed by atoms with E-state index < -0.39 is 0 Å². The molecule has 0 heteroatoms. The van der Waals surface area contributed by atoms with Gasteiger partial charge in [0, 0.05) is 0 Å². The van der Waals surface area contributed by atoms with Crippen LogP contribution < -0.4 is 0 Å². The maximum atomic E-state index is 2.60. The molecule has 0 aromatic heterocycles. The van der Waals surface area contributed by atoms with E-state index in [0.717, 1.165) is 41.4 Å². The molecule has 25 heavy (non-hydrogen) atoms. The van der Waals surface area contributed by atoms with E-state index in [0.29, 0.717) is 0 Å². The van der Waals surface area contributed by atoms with Crippen LogP contribution in [0.3, 0.4) is 0 Å². The van der Waals surface area contributed by atoms with Crippen LogP contribution >= 0.6 is 0 Å². The van der Waals surface area contributed by atoms with Crippen molar-refractivity contribution in [1.82, 2.24) is 0 Å². The summed E-state index contributed by atoms with van der Waals surface area (Å²) in [4.78, 5) is 0. The molecule has 0 radical (unpaired) electrons. The normalized spacial score (nSPS) is 31.2. The molecule has 0 spiro atoms. The van der Waals surface area contributed by atoms with Gasteiger partial charge in [0.15, 0.2) is 0 Å². The van der Waals surface area contributed by atoms with Gasteiger partial charge in [-0.2, -0.15) is 0 Å². The van der Waals surface area contributed by atoms with Gasteiger partial charge in [-0.25, -0.2) is 0 Å². The van der Waals surface area contributed by atoms with Crippen LogP contribution in [-0.2, 0) is 0 Å². The summed E-state index contributed by atoms with van der Waals surface area (Å²) in [6, 6.07) is 0. The predicted molar refractivity (Wildman–Crippen MR) is 113 cm³/mol. The molecular formula is C25H48. The molecule has 0 heterocycles. The van der Waals surface area contributed by atoms with Crippen LogP contribution in [0.15, 0.2) is 0 Å². The third-order valence-electron chi connectivity index (χ3n) is 7.73. The Balaban J connectivity index is 1.78. The molecule has 0 amide bonds. The average molecular weight is 349 g/mol. The third-order valence-corrected chi connectivity index (χ3v) is 7.73. The van der Waals surface area contributed by atoms with E-state index in [1.54, 1.807) is 12.8 Å². The van der Waals surface area contributed by atoms with E-state index in [4.69, 9.17) is 0 Å². The summed E-state index contributed by atoms with van der Waals surface area (Å²) in [5, 5.41) is 0. The Kier molecular flexibility index (Phi) is 9.36. The maximum absolute atomic E-state index is 2.60. The molecule has 2 fully saturated rings. The number of fused-ring (bicyclic) bond motifs is 1. The monoisotopic (exact) mass is 348 g/mol. The molecule has 5 atom stereocenters. The van der Waals surface area contributed by atoms with E-state index in [1.165, 1.54) is 70.6 Å². The molecule has 2 aliphatic rings. The molecule has 5 unspecified atom stereocenters. The first-order valence-electron chi connectivity index (χ1n) is 12.0. The Morgan fingerprint density at radius 2 is 1.32 bits per heavy atom. The van der Waals surface area contributed by atoms with Crippen molar-refractivity contribution in [3.8, 4) is 0 Å². The molecule has 148 valence electrons. The number of hydrogen-bond donors (Lipinski definition) is 0. The van der Waals surface area contributed by atoms with Crippen molar-refractivity contribution in [3.05, 3.63) is 0 Å². The van der Waals surface area contributed by atoms with E-state index >= 15 is 0 Å². The first-order chi connectivity index (χ1) is 12.0. The largest absolute Gasteiger partial charge is 0.0654 e. The SMILES string of the molecule is CCCCC(CC(C)CC(C)C1C2CCCCCCCCC21)C(C)C. The lowest BCUT2D eigenvalue weighted by atomic mass is 9.80. The van der Waals surface area contributed by atoms with Crippen molar-refractivity contribution in [3.63, 3.8) is 0 Å². The lowest BCUT2D eigenvalue weighted by Gasteiger charge is -2.26. The van der Waals surface area contributed by atoms with Gasteiger partial charge in [-0.1, -0.05) is 92.4 Å². The van der Waals surface area contributed by atoms with Crippen LogP contribution in [-0.4, -0.2) is 0 Å². The van der Waals surface area contributed by atoms with Gasteiger partial charge in [-0.05, 0) is 67.1 Å². The van der Waals surface area contributed by atoms with Gasteiger partial charge in [0.05, 0.1) is 0 Å². The van der Waals surface area contributed by atoms with Gasteiger partial charge < -0.3 is 0 Å². The maximum Gasteiger partial charge on any atom is -0.0326 e. The highest BCUT2D eigenvalue weighted by molar-refractivity contribution is 4.99. The van der Waals surface area contributed by atoms with Crippen molar-refractivity contribution < 1.29 is 0 Å². The molecule has 2 saturated carbocycles. The lowest BCUT2D eigenvalue weighted by Crippen LogP contribution is -2.15. The van der Waals surface area contributed by atoms with Crippen LogP contribution in [0.5, 0.6) is 0 Å². The molecule has 2 aliphatic carbocycles. The highest BCUT2D eigenvalue weighted by atomic mass is 14.6. The number of hydrogen-bond acceptors (Lipinski definition) is 0. The minimum atomic E-state index is 0.868. The lowest BCUT2D eigenvalue weighted by molar-refractivity contribution is 0.248. The van der Waals surface area contributed by atoms with Crippen molar-refractivity contribution in [2.24, 2.45) is 41.4 Å².